The van der Waals surface area contributed by atoms with Crippen molar-refractivity contribution in [2.75, 3.05) is 51.3 Å². The molecular weight excluding hydrogens is 402 g/mol. The van der Waals surface area contributed by atoms with Crippen molar-refractivity contribution in [3.05, 3.63) is 53.7 Å². The number of hydrogen-bond donors (Lipinski definition) is 0. The number of carbonyl (C=O) groups is 1. The third-order valence-corrected chi connectivity index (χ3v) is 6.45. The Labute approximate surface area is 190 Å². The lowest BCUT2D eigenvalue weighted by atomic mass is 10.1. The minimum absolute atomic E-state index is 0.0116. The molecule has 2 fully saturated rings. The monoisotopic (exact) mass is 433 g/mol. The Hall–Kier alpha value is -3.11. The van der Waals surface area contributed by atoms with Gasteiger partial charge in [0.15, 0.2) is 0 Å². The fraction of sp³-hybridized carbons (Fsp3) is 0.480. The van der Waals surface area contributed by atoms with Gasteiger partial charge < -0.3 is 14.5 Å². The Morgan fingerprint density at radius 1 is 0.969 bits per heavy atom. The number of nitrogens with zero attached hydrogens (tertiary/aromatic N) is 5. The molecule has 0 N–H and O–H groups in total. The fourth-order valence-electron chi connectivity index (χ4n) is 4.52. The van der Waals surface area contributed by atoms with Gasteiger partial charge in [-0.3, -0.25) is 9.69 Å². The second-order valence-electron chi connectivity index (χ2n) is 8.44. The first-order valence-electron chi connectivity index (χ1n) is 11.5. The van der Waals surface area contributed by atoms with Gasteiger partial charge in [0, 0.05) is 45.5 Å². The number of aromatic nitrogens is 1. The van der Waals surface area contributed by atoms with E-state index in [0.29, 0.717) is 31.7 Å². The van der Waals surface area contributed by atoms with Crippen LogP contribution in [0, 0.1) is 11.3 Å². The van der Waals surface area contributed by atoms with Crippen LogP contribution in [0.2, 0.25) is 0 Å². The van der Waals surface area contributed by atoms with Crippen molar-refractivity contribution in [2.24, 2.45) is 0 Å². The molecule has 1 amide bonds. The molecule has 7 heteroatoms. The number of amides is 1. The Bertz CT molecular complexity index is 922. The molecule has 0 aliphatic carbocycles. The smallest absolute Gasteiger partial charge is 0.255 e. The molecule has 2 aliphatic rings. The quantitative estimate of drug-likeness (QED) is 0.719. The van der Waals surface area contributed by atoms with Crippen LogP contribution in [-0.4, -0.2) is 67.1 Å². The van der Waals surface area contributed by atoms with E-state index in [1.807, 2.05) is 41.3 Å². The topological polar surface area (TPSA) is 72.7 Å². The lowest BCUT2D eigenvalue weighted by Gasteiger charge is -2.37. The van der Waals surface area contributed by atoms with Gasteiger partial charge in [-0.15, -0.1) is 0 Å². The molecule has 3 heterocycles. The second-order valence-corrected chi connectivity index (χ2v) is 8.44. The highest BCUT2D eigenvalue weighted by molar-refractivity contribution is 5.94. The zero-order valence-electron chi connectivity index (χ0n) is 18.7. The number of hydrogen-bond acceptors (Lipinski definition) is 6. The first-order chi connectivity index (χ1) is 15.7. The number of nitriles is 1. The van der Waals surface area contributed by atoms with Crippen LogP contribution in [0.3, 0.4) is 0 Å². The van der Waals surface area contributed by atoms with Crippen LogP contribution in [0.1, 0.15) is 47.6 Å². The van der Waals surface area contributed by atoms with Crippen LogP contribution in [-0.2, 0) is 0 Å². The van der Waals surface area contributed by atoms with Crippen molar-refractivity contribution in [1.82, 2.24) is 14.8 Å². The first kappa shape index (κ1) is 22.1. The van der Waals surface area contributed by atoms with E-state index in [1.54, 1.807) is 13.3 Å². The summed E-state index contributed by atoms with van der Waals surface area (Å²) in [5.41, 5.74) is 1.57. The summed E-state index contributed by atoms with van der Waals surface area (Å²) in [5.74, 6) is 1.75. The Balaban J connectivity index is 1.35. The molecule has 2 saturated heterocycles. The molecule has 4 rings (SSSR count). The largest absolute Gasteiger partial charge is 0.497 e. The van der Waals surface area contributed by atoms with E-state index >= 15 is 0 Å². The van der Waals surface area contributed by atoms with E-state index in [4.69, 9.17) is 4.74 Å². The average Bonchev–Trinajstić information content (AvgIpc) is 3.15. The number of rotatable bonds is 5. The van der Waals surface area contributed by atoms with Gasteiger partial charge in [0.05, 0.1) is 18.7 Å². The van der Waals surface area contributed by atoms with Gasteiger partial charge in [-0.05, 0) is 42.7 Å². The zero-order valence-corrected chi connectivity index (χ0v) is 18.7. The Morgan fingerprint density at radius 2 is 1.66 bits per heavy atom. The van der Waals surface area contributed by atoms with E-state index in [2.05, 4.69) is 20.9 Å². The summed E-state index contributed by atoms with van der Waals surface area (Å²) in [4.78, 5) is 23.9. The van der Waals surface area contributed by atoms with Crippen LogP contribution in [0.15, 0.2) is 42.6 Å². The molecule has 0 spiro atoms. The van der Waals surface area contributed by atoms with Crippen LogP contribution < -0.4 is 9.64 Å². The number of piperazine rings is 1. The molecular formula is C25H31N5O2. The third kappa shape index (κ3) is 5.03. The maximum absolute atomic E-state index is 13.0. The summed E-state index contributed by atoms with van der Waals surface area (Å²) in [5, 5.41) is 9.75. The van der Waals surface area contributed by atoms with Crippen LogP contribution in [0.4, 0.5) is 5.82 Å². The highest BCUT2D eigenvalue weighted by Gasteiger charge is 2.28. The first-order valence-corrected chi connectivity index (χ1v) is 11.5. The van der Waals surface area contributed by atoms with Crippen molar-refractivity contribution >= 4 is 11.7 Å². The van der Waals surface area contributed by atoms with Crippen molar-refractivity contribution in [2.45, 2.75) is 31.7 Å². The van der Waals surface area contributed by atoms with Gasteiger partial charge >= 0.3 is 0 Å². The lowest BCUT2D eigenvalue weighted by molar-refractivity contribution is 0.0606. The lowest BCUT2D eigenvalue weighted by Crippen LogP contribution is -2.49. The summed E-state index contributed by atoms with van der Waals surface area (Å²) < 4.78 is 5.21. The van der Waals surface area contributed by atoms with Crippen molar-refractivity contribution in [3.8, 4) is 11.8 Å². The van der Waals surface area contributed by atoms with E-state index < -0.39 is 0 Å². The van der Waals surface area contributed by atoms with E-state index in [9.17, 15) is 10.1 Å². The molecule has 1 aromatic carbocycles. The maximum Gasteiger partial charge on any atom is 0.255 e. The summed E-state index contributed by atoms with van der Waals surface area (Å²) in [6.07, 6.45) is 6.68. The summed E-state index contributed by atoms with van der Waals surface area (Å²) in [6, 6.07) is 13.6. The van der Waals surface area contributed by atoms with Gasteiger partial charge in [-0.1, -0.05) is 25.0 Å². The number of benzene rings is 1. The minimum Gasteiger partial charge on any atom is -0.497 e. The highest BCUT2D eigenvalue weighted by atomic mass is 16.5. The van der Waals surface area contributed by atoms with E-state index in [0.717, 1.165) is 30.2 Å². The number of anilines is 1. The molecule has 0 saturated carbocycles. The molecule has 32 heavy (non-hydrogen) atoms. The standard InChI is InChI=1S/C25H31N5O2/c1-32-22-9-6-20(7-10-22)23(18-26)28-14-16-30(17-15-28)25(31)21-8-11-24(27-19-21)29-12-4-2-3-5-13-29/h6-11,19,23H,2-5,12-17H2,1H3. The molecule has 2 aromatic rings. The molecule has 7 nitrogen and oxygen atoms in total. The number of methoxy groups -OCH3 is 1. The predicted molar refractivity (Wildman–Crippen MR) is 124 cm³/mol. The number of ether oxygens (including phenoxy) is 1. The minimum atomic E-state index is -0.326. The average molecular weight is 434 g/mol. The second kappa shape index (κ2) is 10.5. The van der Waals surface area contributed by atoms with Gasteiger partial charge in [0.1, 0.15) is 17.6 Å². The number of carbonyl (C=O) groups excluding carboxylic acids is 1. The molecule has 1 unspecified atom stereocenters. The molecule has 1 aromatic heterocycles. The molecule has 0 radical (unpaired) electrons. The summed E-state index contributed by atoms with van der Waals surface area (Å²) >= 11 is 0. The van der Waals surface area contributed by atoms with E-state index in [1.165, 1.54) is 25.7 Å². The number of pyridine rings is 1. The molecule has 168 valence electrons. The third-order valence-electron chi connectivity index (χ3n) is 6.45. The SMILES string of the molecule is COc1ccc(C(C#N)N2CCN(C(=O)c3ccc(N4CCCCCC4)nc3)CC2)cc1. The Kier molecular flexibility index (Phi) is 7.23. The zero-order chi connectivity index (χ0) is 22.3. The van der Waals surface area contributed by atoms with Crippen molar-refractivity contribution < 1.29 is 9.53 Å². The van der Waals surface area contributed by atoms with Gasteiger partial charge in [-0.25, -0.2) is 4.98 Å². The molecule has 0 bridgehead atoms. The van der Waals surface area contributed by atoms with Crippen LogP contribution in [0.25, 0.3) is 0 Å². The normalized spacial score (nSPS) is 18.5. The highest BCUT2D eigenvalue weighted by Crippen LogP contribution is 2.24. The molecule has 2 aliphatic heterocycles. The predicted octanol–water partition coefficient (Wildman–Crippen LogP) is 3.49. The van der Waals surface area contributed by atoms with Crippen molar-refractivity contribution in [3.63, 3.8) is 0 Å². The van der Waals surface area contributed by atoms with Crippen molar-refractivity contribution in [1.29, 1.82) is 5.26 Å². The van der Waals surface area contributed by atoms with Gasteiger partial charge in [0.2, 0.25) is 0 Å². The summed E-state index contributed by atoms with van der Waals surface area (Å²) in [6.45, 7) is 4.60. The van der Waals surface area contributed by atoms with Crippen LogP contribution in [0.5, 0.6) is 5.75 Å². The van der Waals surface area contributed by atoms with Gasteiger partial charge in [-0.2, -0.15) is 5.26 Å². The van der Waals surface area contributed by atoms with Crippen LogP contribution >= 0.6 is 0 Å². The fourth-order valence-corrected chi connectivity index (χ4v) is 4.52. The Morgan fingerprint density at radius 3 is 2.22 bits per heavy atom. The molecule has 1 atom stereocenters. The maximum atomic E-state index is 13.0. The van der Waals surface area contributed by atoms with E-state index in [-0.39, 0.29) is 11.9 Å². The summed E-state index contributed by atoms with van der Waals surface area (Å²) in [7, 11) is 1.63. The van der Waals surface area contributed by atoms with Gasteiger partial charge in [0.25, 0.3) is 5.91 Å².